The Balaban J connectivity index is 1.80. The van der Waals surface area contributed by atoms with Crippen LogP contribution in [0.4, 0.5) is 0 Å². The highest BCUT2D eigenvalue weighted by molar-refractivity contribution is 7.07. The number of allylic oxidation sites excluding steroid dienone is 1. The fourth-order valence-electron chi connectivity index (χ4n) is 4.56. The number of carbonyl (C=O) groups is 1. The van der Waals surface area contributed by atoms with E-state index in [1.54, 1.807) is 51.7 Å². The van der Waals surface area contributed by atoms with Gasteiger partial charge in [-0.25, -0.2) is 9.79 Å². The Labute approximate surface area is 238 Å². The average Bonchev–Trinajstić information content (AvgIpc) is 3.24. The third-order valence-corrected chi connectivity index (χ3v) is 7.49. The number of hydrogen-bond donors (Lipinski definition) is 0. The molecular formula is C31H36N2O6S. The maximum Gasteiger partial charge on any atom is 0.338 e. The van der Waals surface area contributed by atoms with E-state index in [4.69, 9.17) is 18.9 Å². The molecule has 212 valence electrons. The summed E-state index contributed by atoms with van der Waals surface area (Å²) < 4.78 is 24.3. The van der Waals surface area contributed by atoms with E-state index in [0.29, 0.717) is 38.7 Å². The van der Waals surface area contributed by atoms with Gasteiger partial charge in [-0.3, -0.25) is 9.36 Å². The molecule has 8 nitrogen and oxygen atoms in total. The molecule has 0 saturated carbocycles. The number of nitrogens with zero attached hydrogens (tertiary/aromatic N) is 2. The second-order valence-electron chi connectivity index (χ2n) is 9.77. The van der Waals surface area contributed by atoms with Crippen molar-refractivity contribution < 1.29 is 23.7 Å². The lowest BCUT2D eigenvalue weighted by Crippen LogP contribution is -2.40. The zero-order valence-electron chi connectivity index (χ0n) is 23.9. The molecule has 0 radical (unpaired) electrons. The second kappa shape index (κ2) is 13.0. The Kier molecular flexibility index (Phi) is 9.47. The van der Waals surface area contributed by atoms with Crippen molar-refractivity contribution in [2.45, 2.75) is 59.1 Å². The lowest BCUT2D eigenvalue weighted by atomic mass is 9.96. The minimum absolute atomic E-state index is 0.245. The predicted octanol–water partition coefficient (Wildman–Crippen LogP) is 4.77. The van der Waals surface area contributed by atoms with Gasteiger partial charge in [-0.05, 0) is 68.7 Å². The topological polar surface area (TPSA) is 88.4 Å². The number of thiazole rings is 1. The summed E-state index contributed by atoms with van der Waals surface area (Å²) in [7, 11) is 3.14. The van der Waals surface area contributed by atoms with Gasteiger partial charge in [0.15, 0.2) is 16.3 Å². The summed E-state index contributed by atoms with van der Waals surface area (Å²) in [4.78, 5) is 32.4. The van der Waals surface area contributed by atoms with Gasteiger partial charge in [0.05, 0.1) is 48.8 Å². The van der Waals surface area contributed by atoms with E-state index in [2.05, 4.69) is 11.9 Å². The van der Waals surface area contributed by atoms with Crippen molar-refractivity contribution in [2.75, 3.05) is 20.8 Å². The zero-order valence-corrected chi connectivity index (χ0v) is 24.7. The Bertz CT molecular complexity index is 1570. The number of unbranched alkanes of at least 4 members (excludes halogenated alkanes) is 2. The molecule has 1 atom stereocenters. The van der Waals surface area contributed by atoms with Crippen LogP contribution in [0.1, 0.15) is 64.1 Å². The van der Waals surface area contributed by atoms with Crippen LogP contribution in [0, 0.1) is 0 Å². The Morgan fingerprint density at radius 1 is 1.07 bits per heavy atom. The predicted molar refractivity (Wildman–Crippen MR) is 156 cm³/mol. The second-order valence-corrected chi connectivity index (χ2v) is 10.8. The number of rotatable bonds is 11. The molecule has 0 N–H and O–H groups in total. The molecule has 0 spiro atoms. The Hall–Kier alpha value is -3.85. The summed E-state index contributed by atoms with van der Waals surface area (Å²) in [5.74, 6) is 1.42. The van der Waals surface area contributed by atoms with E-state index < -0.39 is 12.0 Å². The Morgan fingerprint density at radius 3 is 2.45 bits per heavy atom. The first-order valence-electron chi connectivity index (χ1n) is 13.5. The van der Waals surface area contributed by atoms with E-state index >= 15 is 0 Å². The van der Waals surface area contributed by atoms with Gasteiger partial charge in [-0.1, -0.05) is 49.3 Å². The van der Waals surface area contributed by atoms with Gasteiger partial charge in [-0.2, -0.15) is 0 Å². The highest BCUT2D eigenvalue weighted by Gasteiger charge is 2.33. The van der Waals surface area contributed by atoms with Crippen molar-refractivity contribution in [3.63, 3.8) is 0 Å². The number of ether oxygens (including phenoxy) is 4. The molecular weight excluding hydrogens is 528 g/mol. The van der Waals surface area contributed by atoms with Crippen LogP contribution in [-0.2, 0) is 9.53 Å². The van der Waals surface area contributed by atoms with Crippen LogP contribution in [0.25, 0.3) is 6.08 Å². The molecule has 1 aromatic heterocycles. The molecule has 0 saturated heterocycles. The van der Waals surface area contributed by atoms with Gasteiger partial charge in [0.25, 0.3) is 5.56 Å². The summed E-state index contributed by atoms with van der Waals surface area (Å²) in [6, 6.07) is 12.3. The molecule has 0 aliphatic carbocycles. The number of carbonyl (C=O) groups excluding carboxylic acids is 1. The number of hydrogen-bond acceptors (Lipinski definition) is 8. The van der Waals surface area contributed by atoms with Crippen molar-refractivity contribution in [3.8, 4) is 17.2 Å². The highest BCUT2D eigenvalue weighted by Crippen LogP contribution is 2.32. The third-order valence-electron chi connectivity index (χ3n) is 6.50. The van der Waals surface area contributed by atoms with E-state index in [0.717, 1.165) is 36.1 Å². The van der Waals surface area contributed by atoms with Crippen molar-refractivity contribution in [3.05, 3.63) is 84.5 Å². The molecule has 9 heteroatoms. The van der Waals surface area contributed by atoms with Crippen LogP contribution in [0.15, 0.2) is 63.5 Å². The van der Waals surface area contributed by atoms with Crippen molar-refractivity contribution in [1.82, 2.24) is 4.57 Å². The first-order chi connectivity index (χ1) is 19.3. The standard InChI is InChI=1S/C31H36N2O6S/c1-7-8-9-16-38-23-13-11-22(12-14-23)28-27(30(35)39-19(2)3)20(4)32-31-33(28)29(34)26(40-31)18-21-10-15-24(36-5)25(17-21)37-6/h10-15,17-19,28H,7-9,16H2,1-6H3/b26-18-. The summed E-state index contributed by atoms with van der Waals surface area (Å²) in [5, 5.41) is 0. The van der Waals surface area contributed by atoms with Gasteiger partial charge >= 0.3 is 5.97 Å². The SMILES string of the molecule is CCCCCOc1ccc(C2C(C(=O)OC(C)C)=C(C)N=c3s/c(=C\c4ccc(OC)c(OC)c4)c(=O)n32)cc1. The van der Waals surface area contributed by atoms with Crippen molar-refractivity contribution >= 4 is 23.4 Å². The number of esters is 1. The molecule has 40 heavy (non-hydrogen) atoms. The normalized spacial score (nSPS) is 15.1. The first kappa shape index (κ1) is 29.1. The summed E-state index contributed by atoms with van der Waals surface area (Å²) in [5.41, 5.74) is 2.17. The van der Waals surface area contributed by atoms with Crippen LogP contribution in [0.5, 0.6) is 17.2 Å². The van der Waals surface area contributed by atoms with Gasteiger partial charge in [0.1, 0.15) is 5.75 Å². The van der Waals surface area contributed by atoms with Crippen LogP contribution in [-0.4, -0.2) is 37.5 Å². The molecule has 4 rings (SSSR count). The maximum absolute atomic E-state index is 13.9. The monoisotopic (exact) mass is 564 g/mol. The molecule has 0 bridgehead atoms. The van der Waals surface area contributed by atoms with E-state index in [9.17, 15) is 9.59 Å². The molecule has 3 aromatic rings. The largest absolute Gasteiger partial charge is 0.494 e. The third kappa shape index (κ3) is 6.31. The molecule has 2 aromatic carbocycles. The first-order valence-corrected chi connectivity index (χ1v) is 14.3. The van der Waals surface area contributed by atoms with E-state index in [-0.39, 0.29) is 11.7 Å². The van der Waals surface area contributed by atoms with Gasteiger partial charge < -0.3 is 18.9 Å². The summed E-state index contributed by atoms with van der Waals surface area (Å²) in [6.45, 7) is 8.17. The zero-order chi connectivity index (χ0) is 28.8. The molecule has 1 aliphatic rings. The number of fused-ring (bicyclic) bond motifs is 1. The van der Waals surface area contributed by atoms with Crippen LogP contribution in [0.2, 0.25) is 0 Å². The average molecular weight is 565 g/mol. The van der Waals surface area contributed by atoms with Gasteiger partial charge in [0, 0.05) is 0 Å². The molecule has 0 fully saturated rings. The molecule has 1 unspecified atom stereocenters. The lowest BCUT2D eigenvalue weighted by molar-refractivity contribution is -0.143. The van der Waals surface area contributed by atoms with E-state index in [1.165, 1.54) is 11.3 Å². The van der Waals surface area contributed by atoms with Crippen molar-refractivity contribution in [1.29, 1.82) is 0 Å². The number of methoxy groups -OCH3 is 2. The Morgan fingerprint density at radius 2 is 1.80 bits per heavy atom. The summed E-state index contributed by atoms with van der Waals surface area (Å²) in [6.07, 6.45) is 4.70. The number of benzene rings is 2. The fraction of sp³-hybridized carbons (Fsp3) is 0.387. The van der Waals surface area contributed by atoms with Crippen LogP contribution < -0.4 is 29.1 Å². The molecule has 2 heterocycles. The smallest absolute Gasteiger partial charge is 0.338 e. The minimum Gasteiger partial charge on any atom is -0.494 e. The van der Waals surface area contributed by atoms with Crippen LogP contribution in [0.3, 0.4) is 0 Å². The van der Waals surface area contributed by atoms with Crippen molar-refractivity contribution in [2.24, 2.45) is 4.99 Å². The fourth-order valence-corrected chi connectivity index (χ4v) is 5.60. The quantitative estimate of drug-likeness (QED) is 0.246. The lowest BCUT2D eigenvalue weighted by Gasteiger charge is -2.25. The van der Waals surface area contributed by atoms with Crippen LogP contribution >= 0.6 is 11.3 Å². The van der Waals surface area contributed by atoms with E-state index in [1.807, 2.05) is 36.4 Å². The number of aromatic nitrogens is 1. The molecule has 0 amide bonds. The highest BCUT2D eigenvalue weighted by atomic mass is 32.1. The minimum atomic E-state index is -0.691. The molecule has 1 aliphatic heterocycles. The maximum atomic E-state index is 13.9. The van der Waals surface area contributed by atoms with Gasteiger partial charge in [0.2, 0.25) is 0 Å². The summed E-state index contributed by atoms with van der Waals surface area (Å²) >= 11 is 1.27. The van der Waals surface area contributed by atoms with Gasteiger partial charge in [-0.15, -0.1) is 0 Å².